The van der Waals surface area contributed by atoms with Crippen molar-refractivity contribution in [2.24, 2.45) is 0 Å². The third-order valence-corrected chi connectivity index (χ3v) is 4.14. The zero-order valence-corrected chi connectivity index (χ0v) is 12.4. The van der Waals surface area contributed by atoms with Crippen molar-refractivity contribution < 1.29 is 9.47 Å². The Balaban J connectivity index is 2.07. The van der Waals surface area contributed by atoms with Gasteiger partial charge in [-0.3, -0.25) is 0 Å². The number of aryl methyl sites for hydroxylation is 1. The van der Waals surface area contributed by atoms with Gasteiger partial charge in [-0.2, -0.15) is 5.10 Å². The lowest BCUT2D eigenvalue weighted by molar-refractivity contribution is 0.395. The highest BCUT2D eigenvalue weighted by Gasteiger charge is 2.13. The second-order valence-corrected chi connectivity index (χ2v) is 5.31. The number of benzene rings is 1. The van der Waals surface area contributed by atoms with Gasteiger partial charge in [0.1, 0.15) is 16.5 Å². The van der Waals surface area contributed by atoms with Gasteiger partial charge in [0.05, 0.1) is 26.1 Å². The Hall–Kier alpha value is -2.08. The molecule has 5 nitrogen and oxygen atoms in total. The number of aromatic nitrogens is 3. The number of nitrogens with zero attached hydrogens (tertiary/aromatic N) is 3. The summed E-state index contributed by atoms with van der Waals surface area (Å²) in [7, 11) is 3.28. The van der Waals surface area contributed by atoms with Crippen LogP contribution in [0, 0.1) is 0 Å². The van der Waals surface area contributed by atoms with E-state index in [0.29, 0.717) is 0 Å². The van der Waals surface area contributed by atoms with E-state index in [1.165, 1.54) is 0 Å². The maximum Gasteiger partial charge on any atom is 0.212 e. The van der Waals surface area contributed by atoms with E-state index in [2.05, 4.69) is 17.0 Å². The SMILES string of the molecule is CCc1nn2cc(-c3ccc(OC)cc3OC)nc2s1. The number of hydrogen-bond acceptors (Lipinski definition) is 5. The number of methoxy groups -OCH3 is 2. The van der Waals surface area contributed by atoms with E-state index in [4.69, 9.17) is 9.47 Å². The zero-order chi connectivity index (χ0) is 14.1. The number of rotatable bonds is 4. The smallest absolute Gasteiger partial charge is 0.212 e. The van der Waals surface area contributed by atoms with Crippen LogP contribution in [0.4, 0.5) is 0 Å². The molecule has 20 heavy (non-hydrogen) atoms. The van der Waals surface area contributed by atoms with Crippen LogP contribution >= 0.6 is 11.3 Å². The first-order valence-corrected chi connectivity index (χ1v) is 7.14. The quantitative estimate of drug-likeness (QED) is 0.740. The van der Waals surface area contributed by atoms with Crippen molar-refractivity contribution >= 4 is 16.3 Å². The molecule has 0 amide bonds. The zero-order valence-electron chi connectivity index (χ0n) is 11.6. The Morgan fingerprint density at radius 1 is 1.25 bits per heavy atom. The summed E-state index contributed by atoms with van der Waals surface area (Å²) in [4.78, 5) is 5.51. The molecule has 0 aliphatic heterocycles. The number of fused-ring (bicyclic) bond motifs is 1. The molecule has 2 heterocycles. The van der Waals surface area contributed by atoms with Gasteiger partial charge in [0.2, 0.25) is 4.96 Å². The maximum atomic E-state index is 5.41. The van der Waals surface area contributed by atoms with Crippen molar-refractivity contribution in [1.82, 2.24) is 14.6 Å². The molecule has 0 saturated carbocycles. The molecular weight excluding hydrogens is 274 g/mol. The lowest BCUT2D eigenvalue weighted by Gasteiger charge is -2.08. The fourth-order valence-electron chi connectivity index (χ4n) is 2.02. The van der Waals surface area contributed by atoms with Gasteiger partial charge >= 0.3 is 0 Å². The van der Waals surface area contributed by atoms with E-state index in [9.17, 15) is 0 Å². The normalized spacial score (nSPS) is 10.9. The molecule has 0 radical (unpaired) electrons. The third kappa shape index (κ3) is 2.12. The fraction of sp³-hybridized carbons (Fsp3) is 0.286. The van der Waals surface area contributed by atoms with Crippen molar-refractivity contribution in [3.63, 3.8) is 0 Å². The second kappa shape index (κ2) is 5.13. The molecule has 0 aliphatic carbocycles. The fourth-order valence-corrected chi connectivity index (χ4v) is 2.84. The van der Waals surface area contributed by atoms with E-state index in [1.807, 2.05) is 28.9 Å². The Labute approximate surface area is 120 Å². The summed E-state index contributed by atoms with van der Waals surface area (Å²) < 4.78 is 12.4. The summed E-state index contributed by atoms with van der Waals surface area (Å²) >= 11 is 1.61. The van der Waals surface area contributed by atoms with Crippen LogP contribution < -0.4 is 9.47 Å². The molecule has 6 heteroatoms. The molecule has 2 aromatic heterocycles. The van der Waals surface area contributed by atoms with Crippen LogP contribution in [0.25, 0.3) is 16.2 Å². The van der Waals surface area contributed by atoms with Gasteiger partial charge < -0.3 is 9.47 Å². The molecule has 0 N–H and O–H groups in total. The molecule has 0 saturated heterocycles. The molecule has 0 bridgehead atoms. The average molecular weight is 289 g/mol. The van der Waals surface area contributed by atoms with Crippen LogP contribution in [0.5, 0.6) is 11.5 Å². The van der Waals surface area contributed by atoms with E-state index in [1.54, 1.807) is 25.6 Å². The Kier molecular flexibility index (Phi) is 3.31. The Bertz CT molecular complexity index is 717. The van der Waals surface area contributed by atoms with E-state index >= 15 is 0 Å². The molecule has 1 aromatic carbocycles. The first-order chi connectivity index (χ1) is 9.75. The predicted octanol–water partition coefficient (Wildman–Crippen LogP) is 3.04. The summed E-state index contributed by atoms with van der Waals surface area (Å²) in [6.07, 6.45) is 2.85. The van der Waals surface area contributed by atoms with Crippen LogP contribution in [-0.2, 0) is 6.42 Å². The summed E-state index contributed by atoms with van der Waals surface area (Å²) in [5, 5.41) is 5.56. The summed E-state index contributed by atoms with van der Waals surface area (Å²) in [5.41, 5.74) is 1.79. The molecule has 0 fully saturated rings. The third-order valence-electron chi connectivity index (χ3n) is 3.07. The van der Waals surface area contributed by atoms with Crippen molar-refractivity contribution in [2.45, 2.75) is 13.3 Å². The number of imidazole rings is 1. The van der Waals surface area contributed by atoms with Gasteiger partial charge in [-0.1, -0.05) is 18.3 Å². The highest BCUT2D eigenvalue weighted by Crippen LogP contribution is 2.33. The molecular formula is C14H15N3O2S. The largest absolute Gasteiger partial charge is 0.497 e. The van der Waals surface area contributed by atoms with Crippen LogP contribution in [-0.4, -0.2) is 28.8 Å². The van der Waals surface area contributed by atoms with Crippen LogP contribution in [0.1, 0.15) is 11.9 Å². The average Bonchev–Trinajstić information content (AvgIpc) is 3.04. The van der Waals surface area contributed by atoms with Crippen molar-refractivity contribution in [3.8, 4) is 22.8 Å². The lowest BCUT2D eigenvalue weighted by Crippen LogP contribution is -1.90. The first-order valence-electron chi connectivity index (χ1n) is 6.32. The van der Waals surface area contributed by atoms with Gasteiger partial charge in [0, 0.05) is 11.6 Å². The lowest BCUT2D eigenvalue weighted by atomic mass is 10.1. The Morgan fingerprint density at radius 3 is 2.75 bits per heavy atom. The van der Waals surface area contributed by atoms with E-state index < -0.39 is 0 Å². The highest BCUT2D eigenvalue weighted by atomic mass is 32.1. The molecule has 0 atom stereocenters. The van der Waals surface area contributed by atoms with Crippen molar-refractivity contribution in [1.29, 1.82) is 0 Å². The summed E-state index contributed by atoms with van der Waals surface area (Å²) in [6, 6.07) is 5.70. The van der Waals surface area contributed by atoms with Gasteiger partial charge in [-0.15, -0.1) is 0 Å². The van der Waals surface area contributed by atoms with Crippen molar-refractivity contribution in [2.75, 3.05) is 14.2 Å². The standard InChI is InChI=1S/C14H15N3O2S/c1-4-13-16-17-8-11(15-14(17)20-13)10-6-5-9(18-2)7-12(10)19-3/h5-8H,4H2,1-3H3. The van der Waals surface area contributed by atoms with Gasteiger partial charge in [0.25, 0.3) is 0 Å². The first kappa shape index (κ1) is 12.9. The second-order valence-electron chi connectivity index (χ2n) is 4.27. The summed E-state index contributed by atoms with van der Waals surface area (Å²) in [5.74, 6) is 1.50. The van der Waals surface area contributed by atoms with Crippen molar-refractivity contribution in [3.05, 3.63) is 29.4 Å². The van der Waals surface area contributed by atoms with Crippen LogP contribution in [0.3, 0.4) is 0 Å². The minimum atomic E-state index is 0.741. The molecule has 104 valence electrons. The van der Waals surface area contributed by atoms with Crippen LogP contribution in [0.2, 0.25) is 0 Å². The topological polar surface area (TPSA) is 48.7 Å². The maximum absolute atomic E-state index is 5.41. The Morgan fingerprint density at radius 2 is 2.10 bits per heavy atom. The minimum Gasteiger partial charge on any atom is -0.497 e. The minimum absolute atomic E-state index is 0.741. The predicted molar refractivity (Wildman–Crippen MR) is 78.8 cm³/mol. The summed E-state index contributed by atoms with van der Waals surface area (Å²) in [6.45, 7) is 2.09. The van der Waals surface area contributed by atoms with Gasteiger partial charge in [0.15, 0.2) is 0 Å². The van der Waals surface area contributed by atoms with E-state index in [-0.39, 0.29) is 0 Å². The monoisotopic (exact) mass is 289 g/mol. The van der Waals surface area contributed by atoms with E-state index in [0.717, 1.165) is 39.1 Å². The molecule has 3 rings (SSSR count). The van der Waals surface area contributed by atoms with Gasteiger partial charge in [-0.05, 0) is 18.6 Å². The van der Waals surface area contributed by atoms with Crippen LogP contribution in [0.15, 0.2) is 24.4 Å². The molecule has 3 aromatic rings. The molecule has 0 aliphatic rings. The number of hydrogen-bond donors (Lipinski definition) is 0. The van der Waals surface area contributed by atoms with Gasteiger partial charge in [-0.25, -0.2) is 9.50 Å². The molecule has 0 unspecified atom stereocenters. The number of ether oxygens (including phenoxy) is 2. The molecule has 0 spiro atoms. The highest BCUT2D eigenvalue weighted by molar-refractivity contribution is 7.16.